The van der Waals surface area contributed by atoms with E-state index in [2.05, 4.69) is 26.1 Å². The molecule has 0 aromatic heterocycles. The minimum atomic E-state index is -0.361. The van der Waals surface area contributed by atoms with Crippen LogP contribution in [0.2, 0.25) is 0 Å². The van der Waals surface area contributed by atoms with Crippen molar-refractivity contribution < 1.29 is 9.84 Å². The average molecular weight is 215 g/mol. The summed E-state index contributed by atoms with van der Waals surface area (Å²) in [6, 6.07) is 0.625. The number of aliphatic hydroxyl groups excluding tert-OH is 1. The standard InChI is InChI=1S/C12H25NO2/c1-9(2)7-15-8-12(14)6-13-11-4-10(3)5-11/h9-14H,4-8H2,1-3H3. The van der Waals surface area contributed by atoms with E-state index < -0.39 is 0 Å². The number of ether oxygens (including phenoxy) is 1. The number of hydrogen-bond acceptors (Lipinski definition) is 3. The first-order chi connectivity index (χ1) is 7.08. The third-order valence-corrected chi connectivity index (χ3v) is 2.78. The highest BCUT2D eigenvalue weighted by atomic mass is 16.5. The van der Waals surface area contributed by atoms with Crippen LogP contribution >= 0.6 is 0 Å². The molecule has 0 amide bonds. The van der Waals surface area contributed by atoms with Crippen LogP contribution in [0.3, 0.4) is 0 Å². The van der Waals surface area contributed by atoms with Crippen molar-refractivity contribution in [2.45, 2.75) is 45.8 Å². The molecule has 0 aliphatic heterocycles. The Hall–Kier alpha value is -0.120. The number of aliphatic hydroxyl groups is 1. The fourth-order valence-corrected chi connectivity index (χ4v) is 1.87. The number of rotatable bonds is 7. The molecule has 0 spiro atoms. The summed E-state index contributed by atoms with van der Waals surface area (Å²) in [6.07, 6.45) is 2.14. The Morgan fingerprint density at radius 3 is 2.53 bits per heavy atom. The second-order valence-corrected chi connectivity index (χ2v) is 5.27. The predicted octanol–water partition coefficient (Wildman–Crippen LogP) is 1.41. The Balaban J connectivity index is 1.92. The molecule has 1 fully saturated rings. The van der Waals surface area contributed by atoms with Crippen molar-refractivity contribution in [3.63, 3.8) is 0 Å². The fourth-order valence-electron chi connectivity index (χ4n) is 1.87. The Morgan fingerprint density at radius 1 is 1.33 bits per heavy atom. The van der Waals surface area contributed by atoms with Gasteiger partial charge < -0.3 is 15.2 Å². The monoisotopic (exact) mass is 215 g/mol. The van der Waals surface area contributed by atoms with Crippen LogP contribution in [0, 0.1) is 11.8 Å². The van der Waals surface area contributed by atoms with Gasteiger partial charge in [-0.3, -0.25) is 0 Å². The van der Waals surface area contributed by atoms with Gasteiger partial charge in [-0.1, -0.05) is 20.8 Å². The van der Waals surface area contributed by atoms with Crippen LogP contribution in [-0.2, 0) is 4.74 Å². The highest BCUT2D eigenvalue weighted by Gasteiger charge is 2.24. The molecule has 1 saturated carbocycles. The van der Waals surface area contributed by atoms with Crippen LogP contribution in [0.25, 0.3) is 0 Å². The summed E-state index contributed by atoms with van der Waals surface area (Å²) in [5.74, 6) is 1.40. The zero-order valence-electron chi connectivity index (χ0n) is 10.2. The van der Waals surface area contributed by atoms with Crippen molar-refractivity contribution in [2.75, 3.05) is 19.8 Å². The quantitative estimate of drug-likeness (QED) is 0.674. The molecule has 1 aliphatic carbocycles. The van der Waals surface area contributed by atoms with Crippen molar-refractivity contribution >= 4 is 0 Å². The molecule has 0 saturated heterocycles. The van der Waals surface area contributed by atoms with Crippen LogP contribution in [-0.4, -0.2) is 37.0 Å². The summed E-state index contributed by atoms with van der Waals surface area (Å²) >= 11 is 0. The Labute approximate surface area is 93.2 Å². The van der Waals surface area contributed by atoms with Gasteiger partial charge in [-0.2, -0.15) is 0 Å². The summed E-state index contributed by atoms with van der Waals surface area (Å²) in [5.41, 5.74) is 0. The third kappa shape index (κ3) is 5.50. The molecule has 0 aromatic carbocycles. The second kappa shape index (κ2) is 6.46. The largest absolute Gasteiger partial charge is 0.389 e. The lowest BCUT2D eigenvalue weighted by Crippen LogP contribution is -2.44. The van der Waals surface area contributed by atoms with Gasteiger partial charge in [-0.05, 0) is 24.7 Å². The molecular weight excluding hydrogens is 190 g/mol. The van der Waals surface area contributed by atoms with Crippen LogP contribution in [0.1, 0.15) is 33.6 Å². The number of hydrogen-bond donors (Lipinski definition) is 2. The summed E-state index contributed by atoms with van der Waals surface area (Å²) < 4.78 is 5.37. The zero-order chi connectivity index (χ0) is 11.3. The van der Waals surface area contributed by atoms with E-state index in [1.807, 2.05) is 0 Å². The topological polar surface area (TPSA) is 41.5 Å². The van der Waals surface area contributed by atoms with Gasteiger partial charge >= 0.3 is 0 Å². The Morgan fingerprint density at radius 2 is 2.00 bits per heavy atom. The van der Waals surface area contributed by atoms with Crippen molar-refractivity contribution in [1.29, 1.82) is 0 Å². The SMILES string of the molecule is CC(C)COCC(O)CNC1CC(C)C1. The van der Waals surface area contributed by atoms with Gasteiger partial charge in [0.2, 0.25) is 0 Å². The van der Waals surface area contributed by atoms with Crippen LogP contribution in [0.15, 0.2) is 0 Å². The van der Waals surface area contributed by atoms with Crippen molar-refractivity contribution in [3.8, 4) is 0 Å². The Bertz CT molecular complexity index is 167. The molecule has 90 valence electrons. The van der Waals surface area contributed by atoms with E-state index in [1.54, 1.807) is 0 Å². The molecule has 1 rings (SSSR count). The smallest absolute Gasteiger partial charge is 0.0897 e. The van der Waals surface area contributed by atoms with E-state index in [0.29, 0.717) is 25.1 Å². The van der Waals surface area contributed by atoms with Crippen LogP contribution in [0.5, 0.6) is 0 Å². The van der Waals surface area contributed by atoms with Crippen molar-refractivity contribution in [3.05, 3.63) is 0 Å². The van der Waals surface area contributed by atoms with E-state index in [0.717, 1.165) is 12.5 Å². The van der Waals surface area contributed by atoms with E-state index in [1.165, 1.54) is 12.8 Å². The highest BCUT2D eigenvalue weighted by molar-refractivity contribution is 4.82. The van der Waals surface area contributed by atoms with Crippen molar-refractivity contribution in [2.24, 2.45) is 11.8 Å². The maximum atomic E-state index is 9.61. The first kappa shape index (κ1) is 12.9. The molecule has 3 heteroatoms. The summed E-state index contributed by atoms with van der Waals surface area (Å²) in [6.45, 7) is 8.33. The fraction of sp³-hybridized carbons (Fsp3) is 1.00. The highest BCUT2D eigenvalue weighted by Crippen LogP contribution is 2.25. The maximum Gasteiger partial charge on any atom is 0.0897 e. The van der Waals surface area contributed by atoms with Gasteiger partial charge in [0.15, 0.2) is 0 Å². The second-order valence-electron chi connectivity index (χ2n) is 5.27. The van der Waals surface area contributed by atoms with E-state index in [9.17, 15) is 5.11 Å². The lowest BCUT2D eigenvalue weighted by Gasteiger charge is -2.34. The number of nitrogens with one attached hydrogen (secondary N) is 1. The third-order valence-electron chi connectivity index (χ3n) is 2.78. The normalized spacial score (nSPS) is 27.8. The van der Waals surface area contributed by atoms with Crippen LogP contribution in [0.4, 0.5) is 0 Å². The lowest BCUT2D eigenvalue weighted by molar-refractivity contribution is 0.0226. The molecule has 0 bridgehead atoms. The molecule has 3 nitrogen and oxygen atoms in total. The van der Waals surface area contributed by atoms with E-state index in [4.69, 9.17) is 4.74 Å². The zero-order valence-corrected chi connectivity index (χ0v) is 10.2. The average Bonchev–Trinajstić information content (AvgIpc) is 2.10. The van der Waals surface area contributed by atoms with Gasteiger partial charge in [0, 0.05) is 19.2 Å². The van der Waals surface area contributed by atoms with Gasteiger partial charge in [0.25, 0.3) is 0 Å². The molecule has 1 aliphatic rings. The molecular formula is C12H25NO2. The van der Waals surface area contributed by atoms with Crippen LogP contribution < -0.4 is 5.32 Å². The molecule has 1 atom stereocenters. The molecule has 15 heavy (non-hydrogen) atoms. The van der Waals surface area contributed by atoms with E-state index in [-0.39, 0.29) is 6.10 Å². The molecule has 1 unspecified atom stereocenters. The maximum absolute atomic E-state index is 9.61. The molecule has 0 radical (unpaired) electrons. The lowest BCUT2D eigenvalue weighted by atomic mass is 9.82. The van der Waals surface area contributed by atoms with Crippen molar-refractivity contribution in [1.82, 2.24) is 5.32 Å². The first-order valence-electron chi connectivity index (χ1n) is 6.07. The Kier molecular flexibility index (Phi) is 5.58. The molecule has 2 N–H and O–H groups in total. The molecule has 0 heterocycles. The summed E-state index contributed by atoms with van der Waals surface area (Å²) in [5, 5.41) is 13.0. The molecule has 0 aromatic rings. The van der Waals surface area contributed by atoms with E-state index >= 15 is 0 Å². The van der Waals surface area contributed by atoms with Gasteiger partial charge in [0.05, 0.1) is 12.7 Å². The first-order valence-corrected chi connectivity index (χ1v) is 6.07. The van der Waals surface area contributed by atoms with Gasteiger partial charge in [-0.15, -0.1) is 0 Å². The summed E-state index contributed by atoms with van der Waals surface area (Å²) in [4.78, 5) is 0. The summed E-state index contributed by atoms with van der Waals surface area (Å²) in [7, 11) is 0. The minimum absolute atomic E-state index is 0.361. The van der Waals surface area contributed by atoms with Gasteiger partial charge in [0.1, 0.15) is 0 Å². The predicted molar refractivity (Wildman–Crippen MR) is 61.9 cm³/mol. The minimum Gasteiger partial charge on any atom is -0.389 e. The van der Waals surface area contributed by atoms with Gasteiger partial charge in [-0.25, -0.2) is 0 Å².